The third-order valence-corrected chi connectivity index (χ3v) is 10.0. The van der Waals surface area contributed by atoms with E-state index in [2.05, 4.69) is 27.5 Å². The van der Waals surface area contributed by atoms with E-state index in [-0.39, 0.29) is 0 Å². The topological polar surface area (TPSA) is 63.9 Å². The average molecular weight is 504 g/mol. The average Bonchev–Trinajstić information content (AvgIpc) is 3.44. The summed E-state index contributed by atoms with van der Waals surface area (Å²) in [7, 11) is -3.50. The quantitative estimate of drug-likeness (QED) is 0.436. The Morgan fingerprint density at radius 1 is 0.939 bits per heavy atom. The molecule has 1 aliphatic carbocycles. The predicted molar refractivity (Wildman–Crippen MR) is 134 cm³/mol. The molecule has 6 nitrogen and oxygen atoms in total. The summed E-state index contributed by atoms with van der Waals surface area (Å²) in [5.41, 5.74) is 2.02. The highest BCUT2D eigenvalue weighted by atomic mass is 32.2. The van der Waals surface area contributed by atoms with Crippen molar-refractivity contribution < 1.29 is 13.2 Å². The minimum atomic E-state index is -3.50. The summed E-state index contributed by atoms with van der Waals surface area (Å²) in [6.45, 7) is 1.69. The lowest BCUT2D eigenvalue weighted by atomic mass is 10.1. The van der Waals surface area contributed by atoms with Gasteiger partial charge in [-0.2, -0.15) is 4.31 Å². The Kier molecular flexibility index (Phi) is 7.13. The third kappa shape index (κ3) is 5.02. The molecule has 0 N–H and O–H groups in total. The Hall–Kier alpha value is -1.78. The number of benzene rings is 1. The van der Waals surface area contributed by atoms with Crippen LogP contribution in [0.1, 0.15) is 44.6 Å². The number of nitrogens with zero attached hydrogens (tertiary/aromatic N) is 3. The van der Waals surface area contributed by atoms with Crippen LogP contribution in [0.5, 0.6) is 0 Å². The van der Waals surface area contributed by atoms with E-state index in [1.165, 1.54) is 53.4 Å². The number of sulfonamides is 1. The molecule has 5 rings (SSSR count). The second-order valence-electron chi connectivity index (χ2n) is 8.52. The molecule has 0 atom stereocenters. The number of hydrogen-bond acceptors (Lipinski definition) is 6. The first-order chi connectivity index (χ1) is 16.1. The molecule has 2 fully saturated rings. The van der Waals surface area contributed by atoms with Crippen molar-refractivity contribution >= 4 is 38.4 Å². The molecule has 1 aliphatic heterocycles. The van der Waals surface area contributed by atoms with E-state index in [0.29, 0.717) is 37.2 Å². The molecule has 9 heteroatoms. The molecular formula is C24H29N3O3S3. The normalized spacial score (nSPS) is 19.6. The lowest BCUT2D eigenvalue weighted by molar-refractivity contribution is 0.0730. The van der Waals surface area contributed by atoms with Gasteiger partial charge in [0.15, 0.2) is 4.80 Å². The van der Waals surface area contributed by atoms with Crippen LogP contribution in [0, 0.1) is 0 Å². The molecule has 2 aromatic heterocycles. The molecule has 3 aromatic rings. The van der Waals surface area contributed by atoms with Crippen LogP contribution in [0.15, 0.2) is 57.0 Å². The van der Waals surface area contributed by atoms with Gasteiger partial charge in [-0.05, 0) is 48.6 Å². The molecule has 1 saturated carbocycles. The van der Waals surface area contributed by atoms with Crippen LogP contribution < -0.4 is 4.80 Å². The number of ether oxygens (including phenoxy) is 1. The van der Waals surface area contributed by atoms with E-state index in [1.807, 2.05) is 12.1 Å². The van der Waals surface area contributed by atoms with Crippen molar-refractivity contribution in [2.24, 2.45) is 4.99 Å². The van der Waals surface area contributed by atoms with E-state index in [4.69, 9.17) is 9.73 Å². The highest BCUT2D eigenvalue weighted by Crippen LogP contribution is 2.33. The van der Waals surface area contributed by atoms with Crippen molar-refractivity contribution in [2.45, 2.75) is 49.5 Å². The molecule has 0 radical (unpaired) electrons. The Morgan fingerprint density at radius 2 is 1.67 bits per heavy atom. The predicted octanol–water partition coefficient (Wildman–Crippen LogP) is 5.43. The Morgan fingerprint density at radius 3 is 2.33 bits per heavy atom. The molecule has 0 bridgehead atoms. The molecule has 33 heavy (non-hydrogen) atoms. The standard InChI is InChI=1S/C24H29N3O3S3/c28-33(29,26-13-15-30-16-14-26)21-11-9-19(10-12-21)25-24-27(20-6-3-1-2-4-7-20)22(18-32-24)23-8-5-17-31-23/h5,8-12,17-18,20H,1-4,6-7,13-16H2. The number of hydrogen-bond donors (Lipinski definition) is 0. The SMILES string of the molecule is O=S(=O)(c1ccc(N=c2scc(-c3cccs3)n2C2CCCCCC2)cc1)N1CCOCC1. The number of morpholine rings is 1. The van der Waals surface area contributed by atoms with Gasteiger partial charge in [0, 0.05) is 24.5 Å². The van der Waals surface area contributed by atoms with Gasteiger partial charge in [-0.25, -0.2) is 13.4 Å². The Bertz CT molecular complexity index is 1210. The summed E-state index contributed by atoms with van der Waals surface area (Å²) < 4.78 is 35.1. The largest absolute Gasteiger partial charge is 0.379 e. The maximum atomic E-state index is 12.9. The van der Waals surface area contributed by atoms with E-state index >= 15 is 0 Å². The first-order valence-corrected chi connectivity index (χ1v) is 14.8. The van der Waals surface area contributed by atoms with E-state index in [9.17, 15) is 8.42 Å². The number of thiazole rings is 1. The summed E-state index contributed by atoms with van der Waals surface area (Å²) in [5.74, 6) is 0. The minimum Gasteiger partial charge on any atom is -0.379 e. The Labute approximate surface area is 203 Å². The van der Waals surface area contributed by atoms with E-state index < -0.39 is 10.0 Å². The van der Waals surface area contributed by atoms with Crippen molar-refractivity contribution in [2.75, 3.05) is 26.3 Å². The molecule has 3 heterocycles. The van der Waals surface area contributed by atoms with Crippen LogP contribution in [0.3, 0.4) is 0 Å². The molecular weight excluding hydrogens is 474 g/mol. The highest BCUT2D eigenvalue weighted by Gasteiger charge is 2.26. The van der Waals surface area contributed by atoms with Gasteiger partial charge in [0.25, 0.3) is 0 Å². The molecule has 0 spiro atoms. The first kappa shape index (κ1) is 23.0. The van der Waals surface area contributed by atoms with Crippen molar-refractivity contribution in [1.29, 1.82) is 0 Å². The van der Waals surface area contributed by atoms with Crippen LogP contribution in [0.2, 0.25) is 0 Å². The molecule has 0 unspecified atom stereocenters. The molecule has 1 saturated heterocycles. The Balaban J connectivity index is 1.49. The maximum Gasteiger partial charge on any atom is 0.243 e. The molecule has 1 aromatic carbocycles. The zero-order valence-corrected chi connectivity index (χ0v) is 21.0. The van der Waals surface area contributed by atoms with E-state index in [0.717, 1.165) is 10.5 Å². The van der Waals surface area contributed by atoms with Crippen LogP contribution in [0.25, 0.3) is 10.6 Å². The van der Waals surface area contributed by atoms with Crippen LogP contribution in [-0.4, -0.2) is 43.6 Å². The van der Waals surface area contributed by atoms with Crippen LogP contribution in [-0.2, 0) is 14.8 Å². The van der Waals surface area contributed by atoms with Gasteiger partial charge in [-0.1, -0.05) is 31.7 Å². The zero-order chi connectivity index (χ0) is 22.7. The zero-order valence-electron chi connectivity index (χ0n) is 18.6. The van der Waals surface area contributed by atoms with E-state index in [1.54, 1.807) is 34.8 Å². The van der Waals surface area contributed by atoms with Gasteiger partial charge in [0.05, 0.1) is 34.4 Å². The maximum absolute atomic E-state index is 12.9. The summed E-state index contributed by atoms with van der Waals surface area (Å²) in [4.78, 5) is 7.53. The van der Waals surface area contributed by atoms with Crippen molar-refractivity contribution in [3.05, 3.63) is 52.0 Å². The summed E-state index contributed by atoms with van der Waals surface area (Å²) in [6, 6.07) is 11.7. The van der Waals surface area contributed by atoms with Gasteiger partial charge in [-0.3, -0.25) is 0 Å². The van der Waals surface area contributed by atoms with Gasteiger partial charge < -0.3 is 9.30 Å². The number of aromatic nitrogens is 1. The van der Waals surface area contributed by atoms with Crippen molar-refractivity contribution in [3.63, 3.8) is 0 Å². The smallest absolute Gasteiger partial charge is 0.243 e. The van der Waals surface area contributed by atoms with Crippen molar-refractivity contribution in [1.82, 2.24) is 8.87 Å². The molecule has 2 aliphatic rings. The second kappa shape index (κ2) is 10.2. The molecule has 176 valence electrons. The van der Waals surface area contributed by atoms with Crippen molar-refractivity contribution in [3.8, 4) is 10.6 Å². The van der Waals surface area contributed by atoms with Gasteiger partial charge in [0.1, 0.15) is 0 Å². The monoisotopic (exact) mass is 503 g/mol. The molecule has 0 amide bonds. The van der Waals surface area contributed by atoms with Gasteiger partial charge in [0.2, 0.25) is 10.0 Å². The number of thiophene rings is 1. The highest BCUT2D eigenvalue weighted by molar-refractivity contribution is 7.89. The summed E-state index contributed by atoms with van der Waals surface area (Å²) in [5, 5.41) is 4.34. The van der Waals surface area contributed by atoms with Crippen LogP contribution >= 0.6 is 22.7 Å². The lowest BCUT2D eigenvalue weighted by Gasteiger charge is -2.26. The lowest BCUT2D eigenvalue weighted by Crippen LogP contribution is -2.40. The fourth-order valence-corrected chi connectivity index (χ4v) is 7.81. The third-order valence-electron chi connectivity index (χ3n) is 6.37. The van der Waals surface area contributed by atoms with Gasteiger partial charge >= 0.3 is 0 Å². The summed E-state index contributed by atoms with van der Waals surface area (Å²) in [6.07, 6.45) is 7.48. The summed E-state index contributed by atoms with van der Waals surface area (Å²) >= 11 is 3.43. The number of rotatable bonds is 5. The van der Waals surface area contributed by atoms with Gasteiger partial charge in [-0.15, -0.1) is 22.7 Å². The van der Waals surface area contributed by atoms with Crippen LogP contribution in [0.4, 0.5) is 5.69 Å². The fraction of sp³-hybridized carbons (Fsp3) is 0.458. The minimum absolute atomic E-state index is 0.311. The second-order valence-corrected chi connectivity index (χ2v) is 12.2. The fourth-order valence-electron chi connectivity index (χ4n) is 4.61. The first-order valence-electron chi connectivity index (χ1n) is 11.6.